The van der Waals surface area contributed by atoms with Gasteiger partial charge in [-0.15, -0.1) is 10.2 Å². The third-order valence-corrected chi connectivity index (χ3v) is 6.21. The summed E-state index contributed by atoms with van der Waals surface area (Å²) in [7, 11) is -3.86. The summed E-state index contributed by atoms with van der Waals surface area (Å²) in [4.78, 5) is 22.6. The number of nitrogens with zero attached hydrogens (tertiary/aromatic N) is 3. The molecule has 0 spiro atoms. The Bertz CT molecular complexity index is 1450. The number of nitro groups is 1. The molecule has 0 amide bonds. The van der Waals surface area contributed by atoms with Gasteiger partial charge in [0.05, 0.1) is 15.4 Å². The maximum atomic E-state index is 12.6. The molecule has 0 aliphatic carbocycles. The second kappa shape index (κ2) is 10.2. The molecule has 0 bridgehead atoms. The van der Waals surface area contributed by atoms with E-state index in [1.165, 1.54) is 48.5 Å². The highest BCUT2D eigenvalue weighted by atomic mass is 32.2. The van der Waals surface area contributed by atoms with Gasteiger partial charge in [-0.25, -0.2) is 17.9 Å². The number of hydrogen-bond donors (Lipinski definition) is 1. The first-order valence-electron chi connectivity index (χ1n) is 10.2. The topological polar surface area (TPSA) is 155 Å². The normalized spacial score (nSPS) is 11.2. The van der Waals surface area contributed by atoms with Crippen molar-refractivity contribution < 1.29 is 27.3 Å². The highest BCUT2D eigenvalue weighted by molar-refractivity contribution is 7.89. The predicted molar refractivity (Wildman–Crippen MR) is 122 cm³/mol. The zero-order valence-corrected chi connectivity index (χ0v) is 18.8. The van der Waals surface area contributed by atoms with E-state index in [-0.39, 0.29) is 41.1 Å². The first-order valence-corrected chi connectivity index (χ1v) is 11.7. The molecular formula is C23H18N4O7S. The lowest BCUT2D eigenvalue weighted by atomic mass is 10.2. The average molecular weight is 494 g/mol. The predicted octanol–water partition coefficient (Wildman–Crippen LogP) is 3.48. The van der Waals surface area contributed by atoms with Crippen molar-refractivity contribution in [2.75, 3.05) is 0 Å². The Morgan fingerprint density at radius 3 is 2.46 bits per heavy atom. The quantitative estimate of drug-likeness (QED) is 0.209. The van der Waals surface area contributed by atoms with Gasteiger partial charge in [0.25, 0.3) is 11.6 Å². The van der Waals surface area contributed by atoms with Gasteiger partial charge in [0.15, 0.2) is 6.61 Å². The van der Waals surface area contributed by atoms with E-state index < -0.39 is 20.9 Å². The van der Waals surface area contributed by atoms with Crippen LogP contribution >= 0.6 is 0 Å². The molecule has 1 aromatic heterocycles. The van der Waals surface area contributed by atoms with Crippen LogP contribution in [0.2, 0.25) is 0 Å². The van der Waals surface area contributed by atoms with Gasteiger partial charge < -0.3 is 9.15 Å². The summed E-state index contributed by atoms with van der Waals surface area (Å²) < 4.78 is 38.3. The number of ether oxygens (including phenoxy) is 1. The Morgan fingerprint density at radius 2 is 1.74 bits per heavy atom. The van der Waals surface area contributed by atoms with Crippen molar-refractivity contribution in [1.29, 1.82) is 0 Å². The molecule has 1 heterocycles. The number of carbonyl (C=O) groups is 1. The molecule has 4 rings (SSSR count). The van der Waals surface area contributed by atoms with Crippen molar-refractivity contribution in [3.63, 3.8) is 0 Å². The summed E-state index contributed by atoms with van der Waals surface area (Å²) in [6.45, 7) is -0.242. The Hall–Kier alpha value is -4.42. The fraction of sp³-hybridized carbons (Fsp3) is 0.0870. The van der Waals surface area contributed by atoms with E-state index >= 15 is 0 Å². The summed E-state index contributed by atoms with van der Waals surface area (Å²) >= 11 is 0. The molecule has 0 unspecified atom stereocenters. The minimum atomic E-state index is -3.86. The number of rotatable bonds is 9. The molecule has 178 valence electrons. The number of benzene rings is 3. The molecule has 0 atom stereocenters. The zero-order valence-electron chi connectivity index (χ0n) is 18.0. The summed E-state index contributed by atoms with van der Waals surface area (Å²) in [5, 5.41) is 18.4. The number of nitro benzene ring substituents is 1. The van der Waals surface area contributed by atoms with Crippen molar-refractivity contribution in [2.24, 2.45) is 0 Å². The second-order valence-electron chi connectivity index (χ2n) is 7.22. The molecule has 0 aliphatic heterocycles. The fourth-order valence-electron chi connectivity index (χ4n) is 3.01. The third-order valence-electron chi connectivity index (χ3n) is 4.81. The van der Waals surface area contributed by atoms with Gasteiger partial charge >= 0.3 is 5.97 Å². The standard InChI is InChI=1S/C23H18N4O7S/c28-23(33-15-21-25-26-22(34-21)17-9-11-19(12-10-17)27(29)30)18-7-4-8-20(13-18)35(31,32)24-14-16-5-2-1-3-6-16/h1-13,24H,14-15H2. The van der Waals surface area contributed by atoms with Crippen LogP contribution in [0.25, 0.3) is 11.5 Å². The molecule has 0 radical (unpaired) electrons. The molecule has 35 heavy (non-hydrogen) atoms. The molecule has 0 saturated carbocycles. The maximum absolute atomic E-state index is 12.6. The number of non-ortho nitro benzene ring substituents is 1. The molecule has 11 nitrogen and oxygen atoms in total. The van der Waals surface area contributed by atoms with Crippen molar-refractivity contribution in [1.82, 2.24) is 14.9 Å². The summed E-state index contributed by atoms with van der Waals surface area (Å²) in [6, 6.07) is 20.0. The molecule has 1 N–H and O–H groups in total. The van der Waals surface area contributed by atoms with E-state index in [9.17, 15) is 23.3 Å². The Kier molecular flexibility index (Phi) is 6.94. The minimum Gasteiger partial charge on any atom is -0.452 e. The molecule has 0 aliphatic rings. The third kappa shape index (κ3) is 5.93. The number of carbonyl (C=O) groups excluding carboxylic acids is 1. The van der Waals surface area contributed by atoms with Gasteiger partial charge in [0.2, 0.25) is 15.9 Å². The first-order chi connectivity index (χ1) is 16.8. The molecule has 3 aromatic carbocycles. The van der Waals surface area contributed by atoms with Gasteiger partial charge in [0, 0.05) is 24.2 Å². The van der Waals surface area contributed by atoms with E-state index in [0.717, 1.165) is 5.56 Å². The van der Waals surface area contributed by atoms with Crippen molar-refractivity contribution in [3.8, 4) is 11.5 Å². The Labute approximate surface area is 199 Å². The van der Waals surface area contributed by atoms with Gasteiger partial charge in [-0.2, -0.15) is 0 Å². The lowest BCUT2D eigenvalue weighted by Crippen LogP contribution is -2.23. The number of sulfonamides is 1. The van der Waals surface area contributed by atoms with Gasteiger partial charge in [-0.05, 0) is 35.9 Å². The number of esters is 1. The van der Waals surface area contributed by atoms with E-state index in [1.807, 2.05) is 6.07 Å². The summed E-state index contributed by atoms with van der Waals surface area (Å²) in [5.41, 5.74) is 1.20. The summed E-state index contributed by atoms with van der Waals surface area (Å²) in [5.74, 6) is -0.677. The van der Waals surface area contributed by atoms with E-state index in [4.69, 9.17) is 9.15 Å². The Balaban J connectivity index is 1.38. The number of nitrogens with one attached hydrogen (secondary N) is 1. The number of aromatic nitrogens is 2. The van der Waals surface area contributed by atoms with Crippen LogP contribution in [0, 0.1) is 10.1 Å². The van der Waals surface area contributed by atoms with Crippen LogP contribution in [0.15, 0.2) is 88.2 Å². The van der Waals surface area contributed by atoms with Crippen molar-refractivity contribution in [2.45, 2.75) is 18.0 Å². The SMILES string of the molecule is O=C(OCc1nnc(-c2ccc([N+](=O)[O-])cc2)o1)c1cccc(S(=O)(=O)NCc2ccccc2)c1. The highest BCUT2D eigenvalue weighted by Crippen LogP contribution is 2.21. The van der Waals surface area contributed by atoms with Crippen LogP contribution in [0.1, 0.15) is 21.8 Å². The molecule has 4 aromatic rings. The van der Waals surface area contributed by atoms with Crippen LogP contribution < -0.4 is 4.72 Å². The second-order valence-corrected chi connectivity index (χ2v) is 8.99. The van der Waals surface area contributed by atoms with Crippen molar-refractivity contribution >= 4 is 21.7 Å². The average Bonchev–Trinajstić information content (AvgIpc) is 3.36. The van der Waals surface area contributed by atoms with Crippen LogP contribution in [-0.4, -0.2) is 29.5 Å². The smallest absolute Gasteiger partial charge is 0.338 e. The number of hydrogen-bond acceptors (Lipinski definition) is 9. The molecule has 12 heteroatoms. The maximum Gasteiger partial charge on any atom is 0.338 e. The molecule has 0 fully saturated rings. The van der Waals surface area contributed by atoms with Crippen LogP contribution in [0.5, 0.6) is 0 Å². The fourth-order valence-corrected chi connectivity index (χ4v) is 4.08. The van der Waals surface area contributed by atoms with Gasteiger partial charge in [-0.3, -0.25) is 10.1 Å². The van der Waals surface area contributed by atoms with E-state index in [0.29, 0.717) is 5.56 Å². The first kappa shape index (κ1) is 23.7. The van der Waals surface area contributed by atoms with Gasteiger partial charge in [-0.1, -0.05) is 36.4 Å². The van der Waals surface area contributed by atoms with Crippen LogP contribution in [-0.2, 0) is 27.9 Å². The Morgan fingerprint density at radius 1 is 1.00 bits per heavy atom. The largest absolute Gasteiger partial charge is 0.452 e. The molecular weight excluding hydrogens is 476 g/mol. The minimum absolute atomic E-state index is 0.00000617. The van der Waals surface area contributed by atoms with Crippen LogP contribution in [0.3, 0.4) is 0 Å². The van der Waals surface area contributed by atoms with Crippen LogP contribution in [0.4, 0.5) is 5.69 Å². The zero-order chi connectivity index (χ0) is 24.8. The van der Waals surface area contributed by atoms with Gasteiger partial charge in [0.1, 0.15) is 0 Å². The van der Waals surface area contributed by atoms with E-state index in [2.05, 4.69) is 14.9 Å². The van der Waals surface area contributed by atoms with Crippen molar-refractivity contribution in [3.05, 3.63) is 106 Å². The lowest BCUT2D eigenvalue weighted by molar-refractivity contribution is -0.384. The lowest BCUT2D eigenvalue weighted by Gasteiger charge is -2.08. The summed E-state index contributed by atoms with van der Waals surface area (Å²) in [6.07, 6.45) is 0. The highest BCUT2D eigenvalue weighted by Gasteiger charge is 2.18. The van der Waals surface area contributed by atoms with E-state index in [1.54, 1.807) is 24.3 Å². The monoisotopic (exact) mass is 494 g/mol. The molecule has 0 saturated heterocycles.